The molecule has 5 heteroatoms. The van der Waals surface area contributed by atoms with Crippen molar-refractivity contribution in [2.24, 2.45) is 5.73 Å². The second kappa shape index (κ2) is 3.88. The maximum Gasteiger partial charge on any atom is 0.246 e. The zero-order valence-electron chi connectivity index (χ0n) is 9.07. The molecule has 0 amide bonds. The van der Waals surface area contributed by atoms with Crippen LogP contribution in [0.1, 0.15) is 19.7 Å². The molecule has 0 saturated heterocycles. The van der Waals surface area contributed by atoms with Crippen LogP contribution in [-0.4, -0.2) is 10.1 Å². The van der Waals surface area contributed by atoms with Crippen LogP contribution in [-0.2, 0) is 5.54 Å². The van der Waals surface area contributed by atoms with Crippen molar-refractivity contribution in [1.29, 1.82) is 0 Å². The molecule has 0 aliphatic rings. The van der Waals surface area contributed by atoms with Gasteiger partial charge in [-0.2, -0.15) is 4.98 Å². The highest BCUT2D eigenvalue weighted by Crippen LogP contribution is 2.22. The van der Waals surface area contributed by atoms with Gasteiger partial charge in [-0.3, -0.25) is 0 Å². The number of nitrogens with two attached hydrogens (primary N) is 1. The molecular weight excluding hydrogens is 226 g/mol. The predicted molar refractivity (Wildman–Crippen MR) is 62.0 cm³/mol. The third-order valence-corrected chi connectivity index (χ3v) is 2.30. The summed E-state index contributed by atoms with van der Waals surface area (Å²) < 4.78 is 5.09. The zero-order chi connectivity index (χ0) is 11.8. The van der Waals surface area contributed by atoms with Crippen molar-refractivity contribution >= 4 is 11.6 Å². The van der Waals surface area contributed by atoms with E-state index in [1.54, 1.807) is 12.1 Å². The van der Waals surface area contributed by atoms with E-state index in [0.717, 1.165) is 5.56 Å². The summed E-state index contributed by atoms with van der Waals surface area (Å²) >= 11 is 5.88. The van der Waals surface area contributed by atoms with E-state index in [4.69, 9.17) is 21.9 Å². The molecule has 2 N–H and O–H groups in total. The van der Waals surface area contributed by atoms with Gasteiger partial charge in [-0.15, -0.1) is 0 Å². The van der Waals surface area contributed by atoms with Crippen molar-refractivity contribution < 1.29 is 4.52 Å². The minimum atomic E-state index is -0.635. The molecule has 1 heterocycles. The highest BCUT2D eigenvalue weighted by atomic mass is 35.5. The van der Waals surface area contributed by atoms with Crippen LogP contribution in [0.4, 0.5) is 0 Å². The van der Waals surface area contributed by atoms with E-state index in [1.165, 1.54) is 0 Å². The Balaban J connectivity index is 2.39. The molecule has 1 aromatic carbocycles. The van der Waals surface area contributed by atoms with Crippen LogP contribution >= 0.6 is 11.6 Å². The van der Waals surface area contributed by atoms with Crippen molar-refractivity contribution in [3.05, 3.63) is 35.2 Å². The van der Waals surface area contributed by atoms with Crippen LogP contribution in [0.3, 0.4) is 0 Å². The molecule has 2 aromatic rings. The SMILES string of the molecule is CC(C)(N)c1nc(-c2cccc(Cl)c2)no1. The third kappa shape index (κ3) is 2.23. The minimum Gasteiger partial charge on any atom is -0.337 e. The topological polar surface area (TPSA) is 64.9 Å². The molecule has 84 valence electrons. The van der Waals surface area contributed by atoms with E-state index >= 15 is 0 Å². The Morgan fingerprint density at radius 1 is 1.38 bits per heavy atom. The van der Waals surface area contributed by atoms with Crippen LogP contribution in [0.2, 0.25) is 5.02 Å². The van der Waals surface area contributed by atoms with Crippen LogP contribution in [0.25, 0.3) is 11.4 Å². The summed E-state index contributed by atoms with van der Waals surface area (Å²) in [6.45, 7) is 3.62. The summed E-state index contributed by atoms with van der Waals surface area (Å²) in [5.74, 6) is 0.901. The fourth-order valence-corrected chi connectivity index (χ4v) is 1.42. The molecule has 2 rings (SSSR count). The Morgan fingerprint density at radius 2 is 2.12 bits per heavy atom. The van der Waals surface area contributed by atoms with Gasteiger partial charge in [-0.25, -0.2) is 0 Å². The van der Waals surface area contributed by atoms with Gasteiger partial charge >= 0.3 is 0 Å². The average Bonchev–Trinajstić information content (AvgIpc) is 2.65. The van der Waals surface area contributed by atoms with Gasteiger partial charge in [-0.05, 0) is 26.0 Å². The maximum absolute atomic E-state index is 5.88. The summed E-state index contributed by atoms with van der Waals surface area (Å²) in [5, 5.41) is 4.50. The van der Waals surface area contributed by atoms with E-state index < -0.39 is 5.54 Å². The highest BCUT2D eigenvalue weighted by molar-refractivity contribution is 6.30. The molecule has 0 aliphatic carbocycles. The van der Waals surface area contributed by atoms with Crippen molar-refractivity contribution in [3.8, 4) is 11.4 Å². The molecule has 4 nitrogen and oxygen atoms in total. The van der Waals surface area contributed by atoms with E-state index in [0.29, 0.717) is 16.7 Å². The Kier molecular flexibility index (Phi) is 2.69. The lowest BCUT2D eigenvalue weighted by atomic mass is 10.1. The van der Waals surface area contributed by atoms with Gasteiger partial charge < -0.3 is 10.3 Å². The van der Waals surface area contributed by atoms with Gasteiger partial charge in [0.15, 0.2) is 0 Å². The smallest absolute Gasteiger partial charge is 0.246 e. The average molecular weight is 238 g/mol. The molecular formula is C11H12ClN3O. The zero-order valence-corrected chi connectivity index (χ0v) is 9.82. The molecule has 0 bridgehead atoms. The quantitative estimate of drug-likeness (QED) is 0.872. The molecule has 16 heavy (non-hydrogen) atoms. The Morgan fingerprint density at radius 3 is 2.69 bits per heavy atom. The van der Waals surface area contributed by atoms with Gasteiger partial charge in [0.25, 0.3) is 0 Å². The summed E-state index contributed by atoms with van der Waals surface area (Å²) in [7, 11) is 0. The standard InChI is InChI=1S/C11H12ClN3O/c1-11(2,13)10-14-9(15-16-10)7-4-3-5-8(12)6-7/h3-6H,13H2,1-2H3. The van der Waals surface area contributed by atoms with Crippen LogP contribution < -0.4 is 5.73 Å². The molecule has 0 radical (unpaired) electrons. The van der Waals surface area contributed by atoms with Crippen LogP contribution in [0.15, 0.2) is 28.8 Å². The maximum atomic E-state index is 5.88. The predicted octanol–water partition coefficient (Wildman–Crippen LogP) is 2.58. The van der Waals surface area contributed by atoms with Crippen molar-refractivity contribution in [2.75, 3.05) is 0 Å². The minimum absolute atomic E-state index is 0.405. The lowest BCUT2D eigenvalue weighted by Gasteiger charge is -2.10. The number of rotatable bonds is 2. The largest absolute Gasteiger partial charge is 0.337 e. The number of hydrogen-bond acceptors (Lipinski definition) is 4. The molecule has 0 spiro atoms. The Labute approximate surface area is 98.4 Å². The first-order valence-corrected chi connectivity index (χ1v) is 5.23. The van der Waals surface area contributed by atoms with Crippen LogP contribution in [0.5, 0.6) is 0 Å². The van der Waals surface area contributed by atoms with E-state index in [9.17, 15) is 0 Å². The first kappa shape index (κ1) is 11.1. The van der Waals surface area contributed by atoms with Crippen molar-refractivity contribution in [2.45, 2.75) is 19.4 Å². The number of benzene rings is 1. The number of halogens is 1. The molecule has 0 saturated carbocycles. The lowest BCUT2D eigenvalue weighted by Crippen LogP contribution is -2.28. The lowest BCUT2D eigenvalue weighted by molar-refractivity contribution is 0.312. The Bertz CT molecular complexity index is 502. The van der Waals surface area contributed by atoms with E-state index in [1.807, 2.05) is 26.0 Å². The summed E-state index contributed by atoms with van der Waals surface area (Å²) in [6, 6.07) is 7.27. The molecule has 0 atom stereocenters. The molecule has 0 fully saturated rings. The highest BCUT2D eigenvalue weighted by Gasteiger charge is 2.22. The van der Waals surface area contributed by atoms with Gasteiger partial charge in [0.05, 0.1) is 5.54 Å². The fourth-order valence-electron chi connectivity index (χ4n) is 1.23. The number of hydrogen-bond donors (Lipinski definition) is 1. The van der Waals surface area contributed by atoms with E-state index in [-0.39, 0.29) is 0 Å². The van der Waals surface area contributed by atoms with Crippen LogP contribution in [0, 0.1) is 0 Å². The summed E-state index contributed by atoms with van der Waals surface area (Å²) in [6.07, 6.45) is 0. The van der Waals surface area contributed by atoms with Crippen molar-refractivity contribution in [1.82, 2.24) is 10.1 Å². The van der Waals surface area contributed by atoms with Crippen molar-refractivity contribution in [3.63, 3.8) is 0 Å². The van der Waals surface area contributed by atoms with E-state index in [2.05, 4.69) is 10.1 Å². The number of aromatic nitrogens is 2. The molecule has 0 aliphatic heterocycles. The first-order valence-electron chi connectivity index (χ1n) is 4.86. The Hall–Kier alpha value is -1.39. The monoisotopic (exact) mass is 237 g/mol. The normalized spacial score (nSPS) is 11.8. The number of nitrogens with zero attached hydrogens (tertiary/aromatic N) is 2. The summed E-state index contributed by atoms with van der Waals surface area (Å²) in [5.41, 5.74) is 6.03. The van der Waals surface area contributed by atoms with Gasteiger partial charge in [-0.1, -0.05) is 28.9 Å². The second-order valence-electron chi connectivity index (χ2n) is 4.16. The van der Waals surface area contributed by atoms with Gasteiger partial charge in [0, 0.05) is 10.6 Å². The third-order valence-electron chi connectivity index (χ3n) is 2.06. The molecule has 0 unspecified atom stereocenters. The second-order valence-corrected chi connectivity index (χ2v) is 4.59. The fraction of sp³-hybridized carbons (Fsp3) is 0.273. The van der Waals surface area contributed by atoms with Gasteiger partial charge in [0.1, 0.15) is 0 Å². The molecule has 1 aromatic heterocycles. The summed E-state index contributed by atoms with van der Waals surface area (Å²) in [4.78, 5) is 4.23. The van der Waals surface area contributed by atoms with Gasteiger partial charge in [0.2, 0.25) is 11.7 Å². The first-order chi connectivity index (χ1) is 7.47.